The second-order valence-electron chi connectivity index (χ2n) is 5.79. The SMILES string of the molecule is O=S(=O)(c1cc(F)ccc1N1CCCC(n2cccn2)C1)C(F)(F)F. The fourth-order valence-electron chi connectivity index (χ4n) is 2.98. The fraction of sp³-hybridized carbons (Fsp3) is 0.400. The van der Waals surface area contributed by atoms with Crippen LogP contribution in [-0.2, 0) is 9.84 Å². The average Bonchev–Trinajstić information content (AvgIpc) is 3.08. The van der Waals surface area contributed by atoms with Gasteiger partial charge in [0, 0.05) is 25.5 Å². The number of piperidine rings is 1. The van der Waals surface area contributed by atoms with Crippen LogP contribution >= 0.6 is 0 Å². The molecule has 0 bridgehead atoms. The van der Waals surface area contributed by atoms with Gasteiger partial charge >= 0.3 is 5.51 Å². The number of halogens is 4. The Hall–Kier alpha value is -2.10. The lowest BCUT2D eigenvalue weighted by Crippen LogP contribution is -2.38. The van der Waals surface area contributed by atoms with Gasteiger partial charge in [-0.3, -0.25) is 4.68 Å². The van der Waals surface area contributed by atoms with Gasteiger partial charge in [-0.25, -0.2) is 12.8 Å². The Morgan fingerprint density at radius 1 is 1.24 bits per heavy atom. The summed E-state index contributed by atoms with van der Waals surface area (Å²) in [5, 5.41) is 4.12. The highest BCUT2D eigenvalue weighted by molar-refractivity contribution is 7.92. The van der Waals surface area contributed by atoms with E-state index < -0.39 is 26.1 Å². The first-order chi connectivity index (χ1) is 11.7. The number of hydrogen-bond acceptors (Lipinski definition) is 4. The first kappa shape index (κ1) is 17.7. The zero-order valence-electron chi connectivity index (χ0n) is 12.9. The Kier molecular flexibility index (Phi) is 4.48. The maximum Gasteiger partial charge on any atom is 0.501 e. The number of alkyl halides is 3. The molecule has 1 atom stereocenters. The Bertz CT molecular complexity index is 850. The molecule has 1 unspecified atom stereocenters. The zero-order valence-corrected chi connectivity index (χ0v) is 13.8. The molecule has 1 saturated heterocycles. The Labute approximate surface area is 141 Å². The van der Waals surface area contributed by atoms with Gasteiger partial charge in [0.2, 0.25) is 0 Å². The van der Waals surface area contributed by atoms with Crippen molar-refractivity contribution in [2.24, 2.45) is 0 Å². The molecule has 1 fully saturated rings. The number of sulfone groups is 1. The summed E-state index contributed by atoms with van der Waals surface area (Å²) in [5.41, 5.74) is -5.64. The van der Waals surface area contributed by atoms with Gasteiger partial charge in [0.1, 0.15) is 10.7 Å². The van der Waals surface area contributed by atoms with Gasteiger partial charge < -0.3 is 4.90 Å². The molecule has 5 nitrogen and oxygen atoms in total. The summed E-state index contributed by atoms with van der Waals surface area (Å²) in [4.78, 5) is 0.481. The van der Waals surface area contributed by atoms with E-state index in [2.05, 4.69) is 5.10 Å². The molecule has 0 N–H and O–H groups in total. The van der Waals surface area contributed by atoms with E-state index in [1.54, 1.807) is 23.1 Å². The fourth-order valence-corrected chi connectivity index (χ4v) is 3.96. The predicted octanol–water partition coefficient (Wildman–Crippen LogP) is 3.16. The highest BCUT2D eigenvalue weighted by Crippen LogP contribution is 2.38. The average molecular weight is 377 g/mol. The second kappa shape index (κ2) is 6.32. The minimum atomic E-state index is -5.65. The van der Waals surface area contributed by atoms with Crippen molar-refractivity contribution < 1.29 is 26.0 Å². The number of anilines is 1. The summed E-state index contributed by atoms with van der Waals surface area (Å²) in [5.74, 6) is -1.03. The molecular weight excluding hydrogens is 362 g/mol. The van der Waals surface area contributed by atoms with Gasteiger partial charge in [0.15, 0.2) is 0 Å². The first-order valence-corrected chi connectivity index (χ1v) is 9.03. The number of rotatable bonds is 3. The molecule has 0 spiro atoms. The smallest absolute Gasteiger partial charge is 0.368 e. The number of nitrogens with zero attached hydrogens (tertiary/aromatic N) is 3. The third-order valence-corrected chi connectivity index (χ3v) is 5.67. The van der Waals surface area contributed by atoms with E-state index in [1.807, 2.05) is 0 Å². The molecule has 2 heterocycles. The third kappa shape index (κ3) is 3.35. The molecule has 1 aromatic carbocycles. The minimum absolute atomic E-state index is 0.102. The maximum absolute atomic E-state index is 13.5. The molecular formula is C15H15F4N3O2S. The van der Waals surface area contributed by atoms with E-state index in [-0.39, 0.29) is 18.3 Å². The second-order valence-corrected chi connectivity index (χ2v) is 7.70. The van der Waals surface area contributed by atoms with Gasteiger partial charge in [-0.05, 0) is 37.1 Å². The number of aromatic nitrogens is 2. The van der Waals surface area contributed by atoms with Crippen molar-refractivity contribution in [3.05, 3.63) is 42.5 Å². The van der Waals surface area contributed by atoms with Crippen molar-refractivity contribution in [2.45, 2.75) is 29.3 Å². The van der Waals surface area contributed by atoms with Crippen LogP contribution in [0.1, 0.15) is 18.9 Å². The first-order valence-electron chi connectivity index (χ1n) is 7.55. The molecule has 1 aliphatic heterocycles. The molecule has 25 heavy (non-hydrogen) atoms. The van der Waals surface area contributed by atoms with Crippen LogP contribution in [0.2, 0.25) is 0 Å². The number of hydrogen-bond donors (Lipinski definition) is 0. The highest BCUT2D eigenvalue weighted by Gasteiger charge is 2.48. The topological polar surface area (TPSA) is 55.2 Å². The predicted molar refractivity (Wildman–Crippen MR) is 82.4 cm³/mol. The lowest BCUT2D eigenvalue weighted by Gasteiger charge is -2.35. The highest BCUT2D eigenvalue weighted by atomic mass is 32.2. The summed E-state index contributed by atoms with van der Waals surface area (Å²) >= 11 is 0. The van der Waals surface area contributed by atoms with Crippen LogP contribution in [-0.4, -0.2) is 36.8 Å². The monoisotopic (exact) mass is 377 g/mol. The lowest BCUT2D eigenvalue weighted by molar-refractivity contribution is -0.0435. The third-order valence-electron chi connectivity index (χ3n) is 4.15. The van der Waals surface area contributed by atoms with Crippen LogP contribution in [0.4, 0.5) is 23.2 Å². The van der Waals surface area contributed by atoms with Crippen LogP contribution in [0.3, 0.4) is 0 Å². The van der Waals surface area contributed by atoms with Crippen molar-refractivity contribution in [3.63, 3.8) is 0 Å². The normalized spacial score (nSPS) is 19.2. The van der Waals surface area contributed by atoms with E-state index in [0.29, 0.717) is 19.0 Å². The molecule has 0 radical (unpaired) electrons. The summed E-state index contributed by atoms with van der Waals surface area (Å²) in [7, 11) is -5.65. The molecule has 0 amide bonds. The van der Waals surface area contributed by atoms with E-state index in [4.69, 9.17) is 0 Å². The van der Waals surface area contributed by atoms with Gasteiger partial charge in [0.25, 0.3) is 9.84 Å². The van der Waals surface area contributed by atoms with E-state index >= 15 is 0 Å². The molecule has 1 aromatic heterocycles. The van der Waals surface area contributed by atoms with Crippen LogP contribution in [0.15, 0.2) is 41.6 Å². The minimum Gasteiger partial charge on any atom is -0.368 e. The largest absolute Gasteiger partial charge is 0.501 e. The molecule has 136 valence electrons. The van der Waals surface area contributed by atoms with E-state index in [0.717, 1.165) is 18.6 Å². The maximum atomic E-state index is 13.5. The molecule has 3 rings (SSSR count). The van der Waals surface area contributed by atoms with Crippen molar-refractivity contribution >= 4 is 15.5 Å². The van der Waals surface area contributed by atoms with Crippen molar-refractivity contribution in [3.8, 4) is 0 Å². The molecule has 10 heteroatoms. The van der Waals surface area contributed by atoms with Crippen molar-refractivity contribution in [2.75, 3.05) is 18.0 Å². The standard InChI is InChI=1S/C15H15F4N3O2S/c16-11-4-5-13(14(9-11)25(23,24)15(17,18)19)21-7-1-3-12(10-21)22-8-2-6-20-22/h2,4-6,8-9,12H,1,3,7,10H2. The quantitative estimate of drug-likeness (QED) is 0.771. The van der Waals surface area contributed by atoms with Crippen LogP contribution in [0, 0.1) is 5.82 Å². The summed E-state index contributed by atoms with van der Waals surface area (Å²) in [6.07, 6.45) is 4.75. The van der Waals surface area contributed by atoms with Crippen molar-refractivity contribution in [1.29, 1.82) is 0 Å². The Morgan fingerprint density at radius 3 is 2.64 bits per heavy atom. The van der Waals surface area contributed by atoms with Gasteiger partial charge in [-0.15, -0.1) is 0 Å². The van der Waals surface area contributed by atoms with Crippen LogP contribution in [0.25, 0.3) is 0 Å². The van der Waals surface area contributed by atoms with Gasteiger partial charge in [0.05, 0.1) is 11.7 Å². The zero-order chi connectivity index (χ0) is 18.2. The molecule has 1 aliphatic rings. The van der Waals surface area contributed by atoms with Gasteiger partial charge in [-0.2, -0.15) is 18.3 Å². The summed E-state index contributed by atoms with van der Waals surface area (Å²) in [6.45, 7) is 0.664. The van der Waals surface area contributed by atoms with Gasteiger partial charge in [-0.1, -0.05) is 0 Å². The molecule has 0 aliphatic carbocycles. The van der Waals surface area contributed by atoms with Crippen LogP contribution < -0.4 is 4.90 Å². The van der Waals surface area contributed by atoms with Crippen molar-refractivity contribution in [1.82, 2.24) is 9.78 Å². The molecule has 2 aromatic rings. The summed E-state index contributed by atoms with van der Waals surface area (Å²) < 4.78 is 77.7. The van der Waals surface area contributed by atoms with Crippen LogP contribution in [0.5, 0.6) is 0 Å². The number of benzene rings is 1. The van der Waals surface area contributed by atoms with E-state index in [1.165, 1.54) is 4.90 Å². The summed E-state index contributed by atoms with van der Waals surface area (Å²) in [6, 6.07) is 4.10. The Morgan fingerprint density at radius 2 is 2.00 bits per heavy atom. The van der Waals surface area contributed by atoms with E-state index in [9.17, 15) is 26.0 Å². The molecule has 0 saturated carbocycles. The Balaban J connectivity index is 2.00. The lowest BCUT2D eigenvalue weighted by atomic mass is 10.1.